The molecule has 5 nitrogen and oxygen atoms in total. The van der Waals surface area contributed by atoms with E-state index in [4.69, 9.17) is 23.2 Å². The molecule has 0 bridgehead atoms. The van der Waals surface area contributed by atoms with Crippen molar-refractivity contribution in [3.63, 3.8) is 0 Å². The summed E-state index contributed by atoms with van der Waals surface area (Å²) in [5.41, 5.74) is -0.112. The number of benzene rings is 1. The number of halogens is 2. The number of hydrogen-bond acceptors (Lipinski definition) is 4. The largest absolute Gasteiger partial charge is 0.295 e. The van der Waals surface area contributed by atoms with E-state index in [9.17, 15) is 13.2 Å². The van der Waals surface area contributed by atoms with Crippen LogP contribution in [0.2, 0.25) is 10.0 Å². The molecular formula is C21H24Cl2N2O3S. The molecular weight excluding hydrogens is 431 g/mol. The summed E-state index contributed by atoms with van der Waals surface area (Å²) in [5.74, 6) is 0.549. The van der Waals surface area contributed by atoms with Gasteiger partial charge >= 0.3 is 0 Å². The molecule has 0 aliphatic heterocycles. The van der Waals surface area contributed by atoms with E-state index in [-0.39, 0.29) is 21.6 Å². The van der Waals surface area contributed by atoms with Crippen LogP contribution in [0.25, 0.3) is 0 Å². The summed E-state index contributed by atoms with van der Waals surface area (Å²) in [4.78, 5) is 19.1. The van der Waals surface area contributed by atoms with E-state index in [1.54, 1.807) is 11.0 Å². The highest BCUT2D eigenvalue weighted by Gasteiger charge is 2.34. The fraction of sp³-hybridized carbons (Fsp3) is 0.429. The van der Waals surface area contributed by atoms with Crippen LogP contribution in [-0.2, 0) is 20.4 Å². The summed E-state index contributed by atoms with van der Waals surface area (Å²) in [6, 6.07) is 7.60. The number of pyridine rings is 1. The Labute approximate surface area is 182 Å². The van der Waals surface area contributed by atoms with Crippen LogP contribution in [-0.4, -0.2) is 25.9 Å². The lowest BCUT2D eigenvalue weighted by Crippen LogP contribution is -2.41. The predicted octanol–water partition coefficient (Wildman–Crippen LogP) is 5.15. The molecule has 0 unspecified atom stereocenters. The summed E-state index contributed by atoms with van der Waals surface area (Å²) < 4.78 is 25.3. The van der Waals surface area contributed by atoms with E-state index >= 15 is 0 Å². The fourth-order valence-corrected chi connectivity index (χ4v) is 4.65. The Morgan fingerprint density at radius 1 is 1.17 bits per heavy atom. The Balaban J connectivity index is 1.86. The van der Waals surface area contributed by atoms with Gasteiger partial charge in [0.05, 0.1) is 15.7 Å². The highest BCUT2D eigenvalue weighted by atomic mass is 35.5. The van der Waals surface area contributed by atoms with Crippen LogP contribution >= 0.6 is 23.2 Å². The first-order valence-electron chi connectivity index (χ1n) is 9.42. The molecule has 1 aliphatic carbocycles. The van der Waals surface area contributed by atoms with Gasteiger partial charge < -0.3 is 0 Å². The number of hydrogen-bond donors (Lipinski definition) is 0. The average Bonchev–Trinajstić information content (AvgIpc) is 3.43. The van der Waals surface area contributed by atoms with E-state index in [0.29, 0.717) is 28.9 Å². The Kier molecular flexibility index (Phi) is 6.27. The molecule has 1 saturated carbocycles. The van der Waals surface area contributed by atoms with Crippen LogP contribution in [0, 0.1) is 11.3 Å². The molecule has 1 heterocycles. The van der Waals surface area contributed by atoms with Crippen LogP contribution < -0.4 is 4.90 Å². The van der Waals surface area contributed by atoms with Gasteiger partial charge in [-0.05, 0) is 54.7 Å². The van der Waals surface area contributed by atoms with Crippen molar-refractivity contribution >= 4 is 44.8 Å². The maximum Gasteiger partial charge on any atom is 0.233 e. The minimum atomic E-state index is -3.57. The van der Waals surface area contributed by atoms with Crippen molar-refractivity contribution in [2.45, 2.75) is 44.3 Å². The number of aromatic nitrogens is 1. The molecule has 3 rings (SSSR count). The number of amides is 1. The van der Waals surface area contributed by atoms with Gasteiger partial charge in [0.1, 0.15) is 0 Å². The smallest absolute Gasteiger partial charge is 0.233 e. The van der Waals surface area contributed by atoms with Crippen LogP contribution in [0.4, 0.5) is 5.82 Å². The molecule has 1 aromatic carbocycles. The third kappa shape index (κ3) is 5.50. The Bertz CT molecular complexity index is 1010. The number of anilines is 1. The molecule has 0 saturated heterocycles. The quantitative estimate of drug-likeness (QED) is 0.604. The minimum absolute atomic E-state index is 0.0552. The van der Waals surface area contributed by atoms with Gasteiger partial charge in [0, 0.05) is 23.2 Å². The van der Waals surface area contributed by atoms with E-state index in [2.05, 4.69) is 4.98 Å². The SMILES string of the molecule is CC(C)(C)C(=O)N(CC1CC1)c1ncc(CS(=O)(=O)c2ccc(Cl)cc2)cc1Cl. The zero-order chi connectivity index (χ0) is 21.4. The topological polar surface area (TPSA) is 67.3 Å². The fourth-order valence-electron chi connectivity index (χ4n) is 2.92. The van der Waals surface area contributed by atoms with Gasteiger partial charge in [0.25, 0.3) is 0 Å². The molecule has 1 aromatic heterocycles. The van der Waals surface area contributed by atoms with Crippen LogP contribution in [0.1, 0.15) is 39.2 Å². The first-order valence-corrected chi connectivity index (χ1v) is 11.8. The summed E-state index contributed by atoms with van der Waals surface area (Å²) in [5, 5.41) is 0.740. The van der Waals surface area contributed by atoms with Crippen molar-refractivity contribution < 1.29 is 13.2 Å². The summed E-state index contributed by atoms with van der Waals surface area (Å²) >= 11 is 12.3. The molecule has 2 aromatic rings. The monoisotopic (exact) mass is 454 g/mol. The molecule has 0 spiro atoms. The van der Waals surface area contributed by atoms with Gasteiger partial charge in [-0.3, -0.25) is 9.69 Å². The standard InChI is InChI=1S/C21H24Cl2N2O3S/c1-21(2,3)20(26)25(12-14-4-5-14)19-18(23)10-15(11-24-19)13-29(27,28)17-8-6-16(22)7-9-17/h6-11,14H,4-5,12-13H2,1-3H3. The first kappa shape index (κ1) is 22.1. The predicted molar refractivity (Wildman–Crippen MR) is 116 cm³/mol. The molecule has 8 heteroatoms. The molecule has 29 heavy (non-hydrogen) atoms. The maximum absolute atomic E-state index is 12.9. The minimum Gasteiger partial charge on any atom is -0.295 e. The van der Waals surface area contributed by atoms with E-state index in [1.165, 1.54) is 30.5 Å². The molecule has 0 atom stereocenters. The number of carbonyl (C=O) groups is 1. The van der Waals surface area contributed by atoms with E-state index in [1.807, 2.05) is 20.8 Å². The van der Waals surface area contributed by atoms with Crippen molar-refractivity contribution in [1.82, 2.24) is 4.98 Å². The maximum atomic E-state index is 12.9. The third-order valence-electron chi connectivity index (χ3n) is 4.69. The summed E-state index contributed by atoms with van der Waals surface area (Å²) in [6.07, 6.45) is 3.65. The van der Waals surface area contributed by atoms with E-state index in [0.717, 1.165) is 12.8 Å². The number of carbonyl (C=O) groups excluding carboxylic acids is 1. The van der Waals surface area contributed by atoms with Gasteiger partial charge in [0.2, 0.25) is 5.91 Å². The van der Waals surface area contributed by atoms with Gasteiger partial charge in [-0.15, -0.1) is 0 Å². The van der Waals surface area contributed by atoms with Gasteiger partial charge in [0.15, 0.2) is 15.7 Å². The van der Waals surface area contributed by atoms with Crippen molar-refractivity contribution in [3.8, 4) is 0 Å². The average molecular weight is 455 g/mol. The molecule has 1 aliphatic rings. The Hall–Kier alpha value is -1.63. The number of nitrogens with zero attached hydrogens (tertiary/aromatic N) is 2. The molecule has 1 amide bonds. The summed E-state index contributed by atoms with van der Waals surface area (Å²) in [6.45, 7) is 6.15. The van der Waals surface area contributed by atoms with Gasteiger partial charge in [-0.25, -0.2) is 13.4 Å². The normalized spacial score (nSPS) is 14.7. The van der Waals surface area contributed by atoms with Crippen molar-refractivity contribution in [1.29, 1.82) is 0 Å². The summed E-state index contributed by atoms with van der Waals surface area (Å²) in [7, 11) is -3.57. The molecule has 156 valence electrons. The molecule has 0 N–H and O–H groups in total. The molecule has 0 radical (unpaired) electrons. The highest BCUT2D eigenvalue weighted by molar-refractivity contribution is 7.90. The molecule has 1 fully saturated rings. The van der Waals surface area contributed by atoms with Crippen molar-refractivity contribution in [2.24, 2.45) is 11.3 Å². The highest BCUT2D eigenvalue weighted by Crippen LogP contribution is 2.35. The lowest BCUT2D eigenvalue weighted by Gasteiger charge is -2.29. The third-order valence-corrected chi connectivity index (χ3v) is 6.92. The van der Waals surface area contributed by atoms with Gasteiger partial charge in [-0.1, -0.05) is 44.0 Å². The second kappa shape index (κ2) is 8.25. The second-order valence-corrected chi connectivity index (χ2v) is 11.3. The van der Waals surface area contributed by atoms with Crippen LogP contribution in [0.5, 0.6) is 0 Å². The lowest BCUT2D eigenvalue weighted by molar-refractivity contribution is -0.125. The van der Waals surface area contributed by atoms with E-state index < -0.39 is 15.3 Å². The van der Waals surface area contributed by atoms with Gasteiger partial charge in [-0.2, -0.15) is 0 Å². The zero-order valence-corrected chi connectivity index (χ0v) is 19.0. The Morgan fingerprint density at radius 3 is 2.31 bits per heavy atom. The Morgan fingerprint density at radius 2 is 1.79 bits per heavy atom. The van der Waals surface area contributed by atoms with Crippen LogP contribution in [0.15, 0.2) is 41.4 Å². The lowest BCUT2D eigenvalue weighted by atomic mass is 9.94. The second-order valence-electron chi connectivity index (χ2n) is 8.47. The number of rotatable bonds is 6. The number of sulfone groups is 1. The zero-order valence-electron chi connectivity index (χ0n) is 16.7. The van der Waals surface area contributed by atoms with Crippen LogP contribution in [0.3, 0.4) is 0 Å². The van der Waals surface area contributed by atoms with Crippen molar-refractivity contribution in [2.75, 3.05) is 11.4 Å². The van der Waals surface area contributed by atoms with Crippen molar-refractivity contribution in [3.05, 3.63) is 52.1 Å². The first-order chi connectivity index (χ1) is 13.5.